The molecule has 0 bridgehead atoms. The number of nitrogens with zero attached hydrogens (tertiary/aromatic N) is 1. The van der Waals surface area contributed by atoms with Crippen LogP contribution in [0.2, 0.25) is 0 Å². The minimum atomic E-state index is -0.261. The first kappa shape index (κ1) is 17.4. The molecule has 0 aliphatic carbocycles. The Kier molecular flexibility index (Phi) is 6.56. The van der Waals surface area contributed by atoms with Crippen molar-refractivity contribution in [3.63, 3.8) is 0 Å². The molecule has 0 radical (unpaired) electrons. The highest BCUT2D eigenvalue weighted by atomic mass is 19.1. The van der Waals surface area contributed by atoms with Gasteiger partial charge < -0.3 is 15.3 Å². The number of aliphatic hydroxyl groups excluding tert-OH is 1. The molecule has 0 spiro atoms. The Morgan fingerprint density at radius 1 is 1.09 bits per heavy atom. The molecule has 4 heteroatoms. The number of anilines is 1. The number of hydrogen-bond donors (Lipinski definition) is 2. The molecule has 2 aromatic carbocycles. The van der Waals surface area contributed by atoms with Crippen molar-refractivity contribution in [2.75, 3.05) is 18.1 Å². The second kappa shape index (κ2) is 8.65. The van der Waals surface area contributed by atoms with Gasteiger partial charge in [-0.2, -0.15) is 0 Å². The van der Waals surface area contributed by atoms with Gasteiger partial charge in [-0.05, 0) is 23.3 Å². The van der Waals surface area contributed by atoms with Crippen molar-refractivity contribution in [1.82, 2.24) is 5.32 Å². The van der Waals surface area contributed by atoms with Crippen LogP contribution in [0.25, 0.3) is 0 Å². The third-order valence-corrected chi connectivity index (χ3v) is 3.65. The van der Waals surface area contributed by atoms with Gasteiger partial charge in [-0.15, -0.1) is 0 Å². The molecule has 0 fully saturated rings. The van der Waals surface area contributed by atoms with Crippen molar-refractivity contribution in [2.24, 2.45) is 0 Å². The molecule has 0 unspecified atom stereocenters. The van der Waals surface area contributed by atoms with Crippen LogP contribution < -0.4 is 10.2 Å². The van der Waals surface area contributed by atoms with Crippen LogP contribution in [-0.2, 0) is 13.1 Å². The summed E-state index contributed by atoms with van der Waals surface area (Å²) in [6, 6.07) is 15.4. The van der Waals surface area contributed by atoms with Crippen LogP contribution in [0.3, 0.4) is 0 Å². The second-order valence-corrected chi connectivity index (χ2v) is 5.95. The summed E-state index contributed by atoms with van der Waals surface area (Å²) in [5.41, 5.74) is 2.66. The van der Waals surface area contributed by atoms with Gasteiger partial charge in [0, 0.05) is 25.7 Å². The Morgan fingerprint density at radius 3 is 2.48 bits per heavy atom. The molecule has 0 aliphatic rings. The molecule has 3 nitrogen and oxygen atoms in total. The van der Waals surface area contributed by atoms with Crippen molar-refractivity contribution >= 4 is 5.69 Å². The van der Waals surface area contributed by atoms with Gasteiger partial charge in [-0.3, -0.25) is 0 Å². The molecule has 0 aromatic heterocycles. The lowest BCUT2D eigenvalue weighted by Gasteiger charge is -2.25. The Balaban J connectivity index is 2.21. The summed E-state index contributed by atoms with van der Waals surface area (Å²) in [5, 5.41) is 12.7. The minimum Gasteiger partial charge on any atom is -0.395 e. The van der Waals surface area contributed by atoms with Gasteiger partial charge in [-0.1, -0.05) is 50.2 Å². The summed E-state index contributed by atoms with van der Waals surface area (Å²) in [4.78, 5) is 1.88. The molecule has 0 saturated carbocycles. The van der Waals surface area contributed by atoms with E-state index in [0.717, 1.165) is 11.1 Å². The predicted octanol–water partition coefficient (Wildman–Crippen LogP) is 3.32. The van der Waals surface area contributed by atoms with E-state index in [2.05, 4.69) is 19.2 Å². The van der Waals surface area contributed by atoms with Crippen LogP contribution in [0.1, 0.15) is 25.0 Å². The lowest BCUT2D eigenvalue weighted by molar-refractivity contribution is 0.301. The van der Waals surface area contributed by atoms with Gasteiger partial charge in [0.2, 0.25) is 0 Å². The fraction of sp³-hybridized carbons (Fsp3) is 0.368. The zero-order valence-electron chi connectivity index (χ0n) is 13.8. The van der Waals surface area contributed by atoms with Gasteiger partial charge in [0.25, 0.3) is 0 Å². The average Bonchev–Trinajstić information content (AvgIpc) is 2.54. The summed E-state index contributed by atoms with van der Waals surface area (Å²) in [5.74, 6) is -0.261. The van der Waals surface area contributed by atoms with E-state index in [4.69, 9.17) is 0 Å². The maximum Gasteiger partial charge on any atom is 0.146 e. The van der Waals surface area contributed by atoms with E-state index in [9.17, 15) is 9.50 Å². The summed E-state index contributed by atoms with van der Waals surface area (Å²) < 4.78 is 14.3. The van der Waals surface area contributed by atoms with Crippen molar-refractivity contribution in [2.45, 2.75) is 33.0 Å². The zero-order chi connectivity index (χ0) is 16.7. The first-order valence-corrected chi connectivity index (χ1v) is 8.01. The van der Waals surface area contributed by atoms with E-state index in [1.165, 1.54) is 6.07 Å². The van der Waals surface area contributed by atoms with Crippen molar-refractivity contribution in [3.8, 4) is 0 Å². The molecule has 0 heterocycles. The van der Waals surface area contributed by atoms with E-state index < -0.39 is 0 Å². The molecule has 2 rings (SSSR count). The number of halogens is 1. The van der Waals surface area contributed by atoms with Crippen LogP contribution in [0.5, 0.6) is 0 Å². The third-order valence-electron chi connectivity index (χ3n) is 3.65. The third kappa shape index (κ3) is 5.34. The fourth-order valence-corrected chi connectivity index (χ4v) is 2.44. The molecule has 124 valence electrons. The molecular formula is C19H25FN2O. The van der Waals surface area contributed by atoms with Crippen LogP contribution >= 0.6 is 0 Å². The molecule has 0 atom stereocenters. The van der Waals surface area contributed by atoms with E-state index in [-0.39, 0.29) is 12.4 Å². The fourth-order valence-electron chi connectivity index (χ4n) is 2.44. The number of hydrogen-bond acceptors (Lipinski definition) is 3. The minimum absolute atomic E-state index is 0.0131. The lowest BCUT2D eigenvalue weighted by atomic mass is 10.1. The molecule has 2 aromatic rings. The quantitative estimate of drug-likeness (QED) is 0.784. The summed E-state index contributed by atoms with van der Waals surface area (Å²) in [7, 11) is 0. The van der Waals surface area contributed by atoms with Gasteiger partial charge in [0.1, 0.15) is 5.82 Å². The normalized spacial score (nSPS) is 11.0. The summed E-state index contributed by atoms with van der Waals surface area (Å²) in [6.45, 7) is 5.81. The molecule has 23 heavy (non-hydrogen) atoms. The smallest absolute Gasteiger partial charge is 0.146 e. The first-order chi connectivity index (χ1) is 11.1. The van der Waals surface area contributed by atoms with E-state index >= 15 is 0 Å². The molecule has 2 N–H and O–H groups in total. The number of nitrogens with one attached hydrogen (secondary N) is 1. The zero-order valence-corrected chi connectivity index (χ0v) is 13.8. The maximum atomic E-state index is 14.3. The SMILES string of the molecule is CC(C)NCc1ccc(F)c(N(CCO)Cc2ccccc2)c1. The van der Waals surface area contributed by atoms with E-state index in [1.807, 2.05) is 41.3 Å². The van der Waals surface area contributed by atoms with E-state index in [1.54, 1.807) is 6.07 Å². The highest BCUT2D eigenvalue weighted by Gasteiger charge is 2.13. The molecule has 0 aliphatic heterocycles. The Labute approximate surface area is 137 Å². The maximum absolute atomic E-state index is 14.3. The average molecular weight is 316 g/mol. The van der Waals surface area contributed by atoms with E-state index in [0.29, 0.717) is 31.4 Å². The highest BCUT2D eigenvalue weighted by Crippen LogP contribution is 2.23. The topological polar surface area (TPSA) is 35.5 Å². The Morgan fingerprint density at radius 2 is 1.83 bits per heavy atom. The number of rotatable bonds is 8. The van der Waals surface area contributed by atoms with Crippen molar-refractivity contribution < 1.29 is 9.50 Å². The van der Waals surface area contributed by atoms with Crippen LogP contribution in [0.4, 0.5) is 10.1 Å². The Hall–Kier alpha value is -1.91. The van der Waals surface area contributed by atoms with Gasteiger partial charge in [-0.25, -0.2) is 4.39 Å². The number of benzene rings is 2. The second-order valence-electron chi connectivity index (χ2n) is 5.95. The molecule has 0 amide bonds. The van der Waals surface area contributed by atoms with Crippen LogP contribution in [-0.4, -0.2) is 24.3 Å². The molecule has 0 saturated heterocycles. The lowest BCUT2D eigenvalue weighted by Crippen LogP contribution is -2.27. The van der Waals surface area contributed by atoms with Crippen molar-refractivity contribution in [3.05, 3.63) is 65.5 Å². The van der Waals surface area contributed by atoms with Crippen molar-refractivity contribution in [1.29, 1.82) is 0 Å². The van der Waals surface area contributed by atoms with Gasteiger partial charge >= 0.3 is 0 Å². The standard InChI is InChI=1S/C19H25FN2O/c1-15(2)21-13-17-8-9-18(20)19(12-17)22(10-11-23)14-16-6-4-3-5-7-16/h3-9,12,15,21,23H,10-11,13-14H2,1-2H3. The summed E-state index contributed by atoms with van der Waals surface area (Å²) in [6.07, 6.45) is 0. The van der Waals surface area contributed by atoms with Gasteiger partial charge in [0.15, 0.2) is 0 Å². The Bertz CT molecular complexity index is 602. The monoisotopic (exact) mass is 316 g/mol. The van der Waals surface area contributed by atoms with Crippen LogP contribution in [0, 0.1) is 5.82 Å². The molecular weight excluding hydrogens is 291 g/mol. The number of aliphatic hydroxyl groups is 1. The first-order valence-electron chi connectivity index (χ1n) is 8.01. The van der Waals surface area contributed by atoms with Gasteiger partial charge in [0.05, 0.1) is 12.3 Å². The summed E-state index contributed by atoms with van der Waals surface area (Å²) >= 11 is 0. The largest absolute Gasteiger partial charge is 0.395 e. The predicted molar refractivity (Wildman–Crippen MR) is 93.0 cm³/mol. The highest BCUT2D eigenvalue weighted by molar-refractivity contribution is 5.50. The van der Waals surface area contributed by atoms with Crippen LogP contribution in [0.15, 0.2) is 48.5 Å².